The van der Waals surface area contributed by atoms with Crippen molar-refractivity contribution in [3.8, 4) is 21.6 Å². The fraction of sp³-hybridized carbons (Fsp3) is 0.345. The first kappa shape index (κ1) is 27.3. The molecule has 1 N–H and O–H groups in total. The molecule has 40 heavy (non-hydrogen) atoms. The van der Waals surface area contributed by atoms with Crippen LogP contribution in [0.15, 0.2) is 42.7 Å². The third-order valence-electron chi connectivity index (χ3n) is 6.49. The van der Waals surface area contributed by atoms with Gasteiger partial charge in [0.2, 0.25) is 5.69 Å². The van der Waals surface area contributed by atoms with Crippen molar-refractivity contribution in [1.29, 1.82) is 0 Å². The van der Waals surface area contributed by atoms with Crippen LogP contribution < -0.4 is 5.32 Å². The van der Waals surface area contributed by atoms with Gasteiger partial charge in [0.25, 0.3) is 5.91 Å². The Hall–Kier alpha value is -4.30. The number of carbonyl (C=O) groups is 2. The second kappa shape index (κ2) is 10.7. The van der Waals surface area contributed by atoms with Crippen LogP contribution in [0.3, 0.4) is 0 Å². The van der Waals surface area contributed by atoms with E-state index in [1.807, 2.05) is 19.3 Å². The standard InChI is InChI=1S/C29H29FN6O3S/c1-29(2,3)39-28(38)33-20-7-6-10-36(16-20)27(37)24-13-21(17-8-9-23(31-4)22(30)12-17)25(40-24)18-11-19-15-35(5)34-26(19)32-14-18/h8-9,11-15,20H,6-7,10,16H2,1-3,5H3,(H,33,38)/t20-/m1/s1. The van der Waals surface area contributed by atoms with Crippen LogP contribution >= 0.6 is 11.3 Å². The normalized spacial score (nSPS) is 15.6. The van der Waals surface area contributed by atoms with Crippen molar-refractivity contribution < 1.29 is 18.7 Å². The molecule has 0 aliphatic carbocycles. The van der Waals surface area contributed by atoms with E-state index in [9.17, 15) is 14.0 Å². The molecule has 1 atom stereocenters. The molecule has 0 unspecified atom stereocenters. The van der Waals surface area contributed by atoms with Crippen LogP contribution in [0, 0.1) is 12.4 Å². The van der Waals surface area contributed by atoms with Gasteiger partial charge in [0.1, 0.15) is 11.4 Å². The first-order chi connectivity index (χ1) is 19.0. The van der Waals surface area contributed by atoms with E-state index in [0.717, 1.165) is 28.7 Å². The average molecular weight is 561 g/mol. The molecule has 9 nitrogen and oxygen atoms in total. The van der Waals surface area contributed by atoms with Crippen molar-refractivity contribution in [3.05, 3.63) is 64.8 Å². The monoisotopic (exact) mass is 560 g/mol. The first-order valence-corrected chi connectivity index (χ1v) is 13.7. The van der Waals surface area contributed by atoms with Crippen LogP contribution in [0.4, 0.5) is 14.9 Å². The van der Waals surface area contributed by atoms with Crippen LogP contribution in [0.1, 0.15) is 43.3 Å². The fourth-order valence-electron chi connectivity index (χ4n) is 4.76. The van der Waals surface area contributed by atoms with Gasteiger partial charge in [-0.25, -0.2) is 19.0 Å². The molecular weight excluding hydrogens is 531 g/mol. The molecule has 2 amide bonds. The summed E-state index contributed by atoms with van der Waals surface area (Å²) >= 11 is 1.31. The second-order valence-corrected chi connectivity index (χ2v) is 11.9. The van der Waals surface area contributed by atoms with Gasteiger partial charge in [0.05, 0.1) is 11.4 Å². The summed E-state index contributed by atoms with van der Waals surface area (Å²) in [4.78, 5) is 36.7. The molecule has 5 rings (SSSR count). The number of hydrogen-bond donors (Lipinski definition) is 1. The van der Waals surface area contributed by atoms with Gasteiger partial charge in [-0.2, -0.15) is 5.10 Å². The Morgan fingerprint density at radius 3 is 2.75 bits per heavy atom. The lowest BCUT2D eigenvalue weighted by molar-refractivity contribution is 0.0453. The number of aromatic nitrogens is 3. The molecule has 1 aliphatic rings. The summed E-state index contributed by atoms with van der Waals surface area (Å²) < 4.78 is 21.7. The lowest BCUT2D eigenvalue weighted by atomic mass is 10.0. The topological polar surface area (TPSA) is 93.7 Å². The van der Waals surface area contributed by atoms with Gasteiger partial charge in [-0.3, -0.25) is 9.48 Å². The number of amides is 2. The Balaban J connectivity index is 1.47. The van der Waals surface area contributed by atoms with Crippen LogP contribution in [0.25, 0.3) is 37.4 Å². The van der Waals surface area contributed by atoms with E-state index in [0.29, 0.717) is 34.7 Å². The molecule has 0 saturated carbocycles. The molecule has 0 bridgehead atoms. The molecule has 1 aromatic carbocycles. The van der Waals surface area contributed by atoms with Crippen molar-refractivity contribution in [2.45, 2.75) is 45.3 Å². The number of nitrogens with zero attached hydrogens (tertiary/aromatic N) is 5. The zero-order valence-corrected chi connectivity index (χ0v) is 23.5. The van der Waals surface area contributed by atoms with Gasteiger partial charge in [-0.05, 0) is 57.4 Å². The Morgan fingerprint density at radius 1 is 1.23 bits per heavy atom. The van der Waals surface area contributed by atoms with Crippen molar-refractivity contribution in [1.82, 2.24) is 25.0 Å². The highest BCUT2D eigenvalue weighted by Gasteiger charge is 2.29. The molecule has 206 valence electrons. The quantitative estimate of drug-likeness (QED) is 0.301. The van der Waals surface area contributed by atoms with E-state index in [1.54, 1.807) is 48.7 Å². The van der Waals surface area contributed by atoms with Crippen molar-refractivity contribution in [2.24, 2.45) is 7.05 Å². The van der Waals surface area contributed by atoms with Gasteiger partial charge in [-0.1, -0.05) is 12.1 Å². The fourth-order valence-corrected chi connectivity index (χ4v) is 5.89. The van der Waals surface area contributed by atoms with E-state index in [-0.39, 0.29) is 17.6 Å². The molecule has 0 radical (unpaired) electrons. The number of fused-ring (bicyclic) bond motifs is 1. The van der Waals surface area contributed by atoms with Crippen molar-refractivity contribution >= 4 is 40.1 Å². The maximum Gasteiger partial charge on any atom is 0.407 e. The predicted molar refractivity (Wildman–Crippen MR) is 152 cm³/mol. The number of aryl methyl sites for hydroxylation is 1. The number of pyridine rings is 1. The number of ether oxygens (including phenoxy) is 1. The molecule has 1 fully saturated rings. The summed E-state index contributed by atoms with van der Waals surface area (Å²) in [6.07, 6.45) is 4.54. The number of halogens is 1. The minimum absolute atomic E-state index is 0.0629. The third-order valence-corrected chi connectivity index (χ3v) is 7.66. The van der Waals surface area contributed by atoms with Crippen LogP contribution in [0.5, 0.6) is 0 Å². The Kier molecular flexibility index (Phi) is 7.29. The minimum Gasteiger partial charge on any atom is -0.444 e. The largest absolute Gasteiger partial charge is 0.444 e. The van der Waals surface area contributed by atoms with E-state index in [4.69, 9.17) is 11.3 Å². The van der Waals surface area contributed by atoms with Gasteiger partial charge < -0.3 is 15.0 Å². The number of alkyl carbamates (subject to hydrolysis) is 1. The van der Waals surface area contributed by atoms with E-state index in [2.05, 4.69) is 20.2 Å². The summed E-state index contributed by atoms with van der Waals surface area (Å²) in [5, 5.41) is 8.06. The summed E-state index contributed by atoms with van der Waals surface area (Å²) in [6.45, 7) is 13.5. The summed E-state index contributed by atoms with van der Waals surface area (Å²) in [5.74, 6) is -0.785. The smallest absolute Gasteiger partial charge is 0.407 e. The third kappa shape index (κ3) is 5.82. The lowest BCUT2D eigenvalue weighted by Crippen LogP contribution is -2.50. The average Bonchev–Trinajstić information content (AvgIpc) is 3.50. The van der Waals surface area contributed by atoms with E-state index in [1.165, 1.54) is 23.5 Å². The van der Waals surface area contributed by atoms with Crippen LogP contribution in [-0.4, -0.2) is 56.4 Å². The van der Waals surface area contributed by atoms with Crippen molar-refractivity contribution in [2.75, 3.05) is 13.1 Å². The number of thiophene rings is 1. The molecule has 11 heteroatoms. The highest BCUT2D eigenvalue weighted by Crippen LogP contribution is 2.41. The minimum atomic E-state index is -0.620. The second-order valence-electron chi connectivity index (χ2n) is 10.8. The molecule has 0 spiro atoms. The van der Waals surface area contributed by atoms with Crippen LogP contribution in [-0.2, 0) is 11.8 Å². The number of nitrogens with one attached hydrogen (secondary N) is 1. The SMILES string of the molecule is [C-]#[N+]c1ccc(-c2cc(C(=O)N3CCC[C@@H](NC(=O)OC(C)(C)C)C3)sc2-c2cnc3nn(C)cc3c2)cc1F. The predicted octanol–water partition coefficient (Wildman–Crippen LogP) is 6.18. The summed E-state index contributed by atoms with van der Waals surface area (Å²) in [7, 11) is 1.82. The van der Waals surface area contributed by atoms with Gasteiger partial charge >= 0.3 is 6.09 Å². The first-order valence-electron chi connectivity index (χ1n) is 12.9. The Morgan fingerprint density at radius 2 is 2.02 bits per heavy atom. The highest BCUT2D eigenvalue weighted by atomic mass is 32.1. The number of hydrogen-bond acceptors (Lipinski definition) is 6. The van der Waals surface area contributed by atoms with Gasteiger partial charge in [0.15, 0.2) is 5.65 Å². The van der Waals surface area contributed by atoms with Gasteiger partial charge in [0, 0.05) is 60.0 Å². The molecular formula is C29H29FN6O3S. The number of likely N-dealkylation sites (tertiary alicyclic amines) is 1. The Bertz CT molecular complexity index is 1650. The van der Waals surface area contributed by atoms with E-state index < -0.39 is 17.5 Å². The molecule has 4 heterocycles. The number of carbonyl (C=O) groups excluding carboxylic acids is 2. The number of benzene rings is 1. The highest BCUT2D eigenvalue weighted by molar-refractivity contribution is 7.18. The molecule has 4 aromatic rings. The Labute approximate surface area is 235 Å². The number of rotatable bonds is 4. The zero-order chi connectivity index (χ0) is 28.6. The number of piperidine rings is 1. The lowest BCUT2D eigenvalue weighted by Gasteiger charge is -2.33. The van der Waals surface area contributed by atoms with Crippen molar-refractivity contribution in [3.63, 3.8) is 0 Å². The van der Waals surface area contributed by atoms with E-state index >= 15 is 0 Å². The molecule has 3 aromatic heterocycles. The summed E-state index contributed by atoms with van der Waals surface area (Å²) in [6, 6.07) is 7.95. The maximum atomic E-state index is 14.6. The van der Waals surface area contributed by atoms with Crippen LogP contribution in [0.2, 0.25) is 0 Å². The zero-order valence-electron chi connectivity index (χ0n) is 22.7. The molecule has 1 aliphatic heterocycles. The maximum absolute atomic E-state index is 14.6. The summed E-state index contributed by atoms with van der Waals surface area (Å²) in [5.41, 5.74) is 1.94. The van der Waals surface area contributed by atoms with Gasteiger partial charge in [-0.15, -0.1) is 11.3 Å². The molecule has 1 saturated heterocycles.